The van der Waals surface area contributed by atoms with E-state index in [0.717, 1.165) is 17.4 Å². The van der Waals surface area contributed by atoms with Gasteiger partial charge in [-0.3, -0.25) is 9.10 Å². The summed E-state index contributed by atoms with van der Waals surface area (Å²) in [5.74, 6) is 2.96. The van der Waals surface area contributed by atoms with Crippen molar-refractivity contribution in [1.82, 2.24) is 0 Å². The molecule has 0 radical (unpaired) electrons. The number of carbonyl (C=O) groups is 1. The summed E-state index contributed by atoms with van der Waals surface area (Å²) < 4.78 is 24.7. The van der Waals surface area contributed by atoms with Crippen LogP contribution in [0.15, 0.2) is 18.2 Å². The van der Waals surface area contributed by atoms with Crippen molar-refractivity contribution in [2.75, 3.05) is 16.2 Å². The zero-order valence-corrected chi connectivity index (χ0v) is 15.5. The highest BCUT2D eigenvalue weighted by atomic mass is 32.2. The zero-order chi connectivity index (χ0) is 18.1. The average molecular weight is 375 g/mol. The Kier molecular flexibility index (Phi) is 3.63. The summed E-state index contributed by atoms with van der Waals surface area (Å²) in [6.07, 6.45) is 6.83. The molecular formula is C19H25N3O3S. The molecule has 26 heavy (non-hydrogen) atoms. The molecule has 1 aromatic carbocycles. The minimum atomic E-state index is -3.77. The fourth-order valence-electron chi connectivity index (χ4n) is 6.27. The number of amides is 1. The van der Waals surface area contributed by atoms with Gasteiger partial charge in [0.05, 0.1) is 5.69 Å². The molecule has 1 aromatic rings. The van der Waals surface area contributed by atoms with Gasteiger partial charge < -0.3 is 5.32 Å². The molecule has 6 nitrogen and oxygen atoms in total. The van der Waals surface area contributed by atoms with Gasteiger partial charge in [-0.2, -0.15) is 8.42 Å². The van der Waals surface area contributed by atoms with Crippen LogP contribution in [0.3, 0.4) is 0 Å². The third-order valence-corrected chi connectivity index (χ3v) is 8.04. The van der Waals surface area contributed by atoms with E-state index in [1.807, 2.05) is 12.1 Å². The summed E-state index contributed by atoms with van der Waals surface area (Å²) in [6.45, 7) is 0.362. The second-order valence-corrected chi connectivity index (χ2v) is 10.1. The molecule has 7 heteroatoms. The van der Waals surface area contributed by atoms with E-state index in [2.05, 4.69) is 5.32 Å². The molecule has 0 saturated heterocycles. The third kappa shape index (κ3) is 2.63. The molecule has 6 rings (SSSR count). The van der Waals surface area contributed by atoms with Crippen molar-refractivity contribution in [3.63, 3.8) is 0 Å². The molecule has 4 bridgehead atoms. The molecule has 3 N–H and O–H groups in total. The van der Waals surface area contributed by atoms with Gasteiger partial charge in [0.1, 0.15) is 0 Å². The van der Waals surface area contributed by atoms with E-state index in [1.54, 1.807) is 6.07 Å². The van der Waals surface area contributed by atoms with Gasteiger partial charge in [-0.25, -0.2) is 5.14 Å². The summed E-state index contributed by atoms with van der Waals surface area (Å²) in [6, 6.07) is 5.52. The van der Waals surface area contributed by atoms with E-state index in [4.69, 9.17) is 5.14 Å². The van der Waals surface area contributed by atoms with E-state index < -0.39 is 10.2 Å². The lowest BCUT2D eigenvalue weighted by Gasteiger charge is -2.53. The Labute approximate surface area is 154 Å². The number of benzene rings is 1. The van der Waals surface area contributed by atoms with Crippen molar-refractivity contribution in [3.8, 4) is 0 Å². The van der Waals surface area contributed by atoms with Crippen molar-refractivity contribution in [2.45, 2.75) is 38.5 Å². The van der Waals surface area contributed by atoms with Crippen molar-refractivity contribution in [2.24, 2.45) is 34.7 Å². The summed E-state index contributed by atoms with van der Waals surface area (Å²) in [4.78, 5) is 13.0. The van der Waals surface area contributed by atoms with Gasteiger partial charge in [0, 0.05) is 18.2 Å². The lowest BCUT2D eigenvalue weighted by Crippen LogP contribution is -2.49. The number of fused-ring (bicyclic) bond motifs is 1. The summed E-state index contributed by atoms with van der Waals surface area (Å²) in [5, 5.41) is 8.38. The van der Waals surface area contributed by atoms with Crippen LogP contribution in [-0.4, -0.2) is 20.9 Å². The molecule has 1 heterocycles. The number of nitrogens with one attached hydrogen (secondary N) is 1. The number of anilines is 2. The first kappa shape index (κ1) is 16.6. The molecule has 0 spiro atoms. The van der Waals surface area contributed by atoms with E-state index in [1.165, 1.54) is 36.4 Å². The minimum Gasteiger partial charge on any atom is -0.326 e. The first-order valence-corrected chi connectivity index (χ1v) is 11.1. The Morgan fingerprint density at radius 2 is 1.73 bits per heavy atom. The lowest BCUT2D eigenvalue weighted by atomic mass is 9.51. The molecule has 0 unspecified atom stereocenters. The van der Waals surface area contributed by atoms with Crippen LogP contribution in [0, 0.1) is 29.6 Å². The third-order valence-electron chi connectivity index (χ3n) is 7.04. The van der Waals surface area contributed by atoms with Crippen LogP contribution in [0.4, 0.5) is 11.4 Å². The van der Waals surface area contributed by atoms with Crippen LogP contribution in [0.2, 0.25) is 0 Å². The SMILES string of the molecule is NS(=O)(=O)N1CCc2ccc(NC(=O)C3C4CC5CC(C4)CC3C5)cc21. The predicted molar refractivity (Wildman–Crippen MR) is 99.8 cm³/mol. The largest absolute Gasteiger partial charge is 0.326 e. The smallest absolute Gasteiger partial charge is 0.299 e. The van der Waals surface area contributed by atoms with Gasteiger partial charge in [0.2, 0.25) is 5.91 Å². The molecule has 0 atom stereocenters. The van der Waals surface area contributed by atoms with Gasteiger partial charge in [-0.05, 0) is 79.9 Å². The first-order chi connectivity index (χ1) is 12.4. The van der Waals surface area contributed by atoms with Crippen LogP contribution in [0.5, 0.6) is 0 Å². The zero-order valence-electron chi connectivity index (χ0n) is 14.7. The Hall–Kier alpha value is -1.60. The maximum Gasteiger partial charge on any atom is 0.299 e. The second kappa shape index (κ2) is 5.70. The Bertz CT molecular complexity index is 839. The van der Waals surface area contributed by atoms with Crippen LogP contribution in [0.1, 0.15) is 37.7 Å². The number of carbonyl (C=O) groups excluding carboxylic acids is 1. The van der Waals surface area contributed by atoms with Crippen molar-refractivity contribution >= 4 is 27.5 Å². The predicted octanol–water partition coefficient (Wildman–Crippen LogP) is 2.26. The molecule has 4 fully saturated rings. The van der Waals surface area contributed by atoms with Gasteiger partial charge in [-0.15, -0.1) is 0 Å². The van der Waals surface area contributed by atoms with Crippen LogP contribution < -0.4 is 14.8 Å². The van der Waals surface area contributed by atoms with Crippen LogP contribution >= 0.6 is 0 Å². The minimum absolute atomic E-state index is 0.110. The van der Waals surface area contributed by atoms with Crippen molar-refractivity contribution < 1.29 is 13.2 Å². The monoisotopic (exact) mass is 375 g/mol. The normalized spacial score (nSPS) is 34.8. The van der Waals surface area contributed by atoms with E-state index in [9.17, 15) is 13.2 Å². The van der Waals surface area contributed by atoms with E-state index >= 15 is 0 Å². The topological polar surface area (TPSA) is 92.5 Å². The molecule has 4 saturated carbocycles. The Balaban J connectivity index is 1.37. The Morgan fingerprint density at radius 3 is 2.35 bits per heavy atom. The van der Waals surface area contributed by atoms with Gasteiger partial charge in [-0.1, -0.05) is 6.07 Å². The summed E-state index contributed by atoms with van der Waals surface area (Å²) in [7, 11) is -3.77. The maximum absolute atomic E-state index is 13.0. The van der Waals surface area contributed by atoms with Crippen molar-refractivity contribution in [3.05, 3.63) is 23.8 Å². The number of hydrogen-bond donors (Lipinski definition) is 2. The van der Waals surface area contributed by atoms with Crippen LogP contribution in [0.25, 0.3) is 0 Å². The molecule has 1 amide bonds. The first-order valence-electron chi connectivity index (χ1n) is 9.62. The molecule has 5 aliphatic rings. The molecule has 0 aromatic heterocycles. The highest BCUT2D eigenvalue weighted by molar-refractivity contribution is 7.90. The summed E-state index contributed by atoms with van der Waals surface area (Å²) in [5.41, 5.74) is 2.21. The van der Waals surface area contributed by atoms with Gasteiger partial charge in [0.25, 0.3) is 10.2 Å². The second-order valence-electron chi connectivity index (χ2n) is 8.66. The number of rotatable bonds is 3. The molecule has 140 valence electrons. The maximum atomic E-state index is 13.0. The fourth-order valence-corrected chi connectivity index (χ4v) is 7.06. The average Bonchev–Trinajstić information content (AvgIpc) is 2.97. The molecule has 1 aliphatic heterocycles. The fraction of sp³-hybridized carbons (Fsp3) is 0.632. The van der Waals surface area contributed by atoms with Crippen molar-refractivity contribution in [1.29, 1.82) is 0 Å². The summed E-state index contributed by atoms with van der Waals surface area (Å²) >= 11 is 0. The standard InChI is InChI=1S/C19H25N3O3S/c20-26(24,25)22-4-3-13-1-2-16(10-17(13)22)21-19(23)18-14-6-11-5-12(8-14)9-15(18)7-11/h1-2,10-12,14-15,18H,3-9H2,(H,21,23)(H2,20,24,25). The number of nitrogens with two attached hydrogens (primary N) is 1. The van der Waals surface area contributed by atoms with E-state index in [-0.39, 0.29) is 11.8 Å². The van der Waals surface area contributed by atoms with E-state index in [0.29, 0.717) is 36.2 Å². The molecule has 4 aliphatic carbocycles. The highest BCUT2D eigenvalue weighted by Gasteiger charge is 2.50. The molecular weight excluding hydrogens is 350 g/mol. The Morgan fingerprint density at radius 1 is 1.08 bits per heavy atom. The van der Waals surface area contributed by atoms with Crippen LogP contribution in [-0.2, 0) is 21.4 Å². The quantitative estimate of drug-likeness (QED) is 0.849. The number of nitrogens with zero attached hydrogens (tertiary/aromatic N) is 1. The van der Waals surface area contributed by atoms with Gasteiger partial charge in [0.15, 0.2) is 0 Å². The number of hydrogen-bond acceptors (Lipinski definition) is 3. The van der Waals surface area contributed by atoms with Gasteiger partial charge >= 0.3 is 0 Å². The lowest BCUT2D eigenvalue weighted by molar-refractivity contribution is -0.132. The highest BCUT2D eigenvalue weighted by Crippen LogP contribution is 2.56.